The van der Waals surface area contributed by atoms with Crippen LogP contribution < -0.4 is 10.6 Å². The quantitative estimate of drug-likeness (QED) is 0.736. The lowest BCUT2D eigenvalue weighted by atomic mass is 9.75. The van der Waals surface area contributed by atoms with E-state index in [2.05, 4.69) is 20.6 Å². The zero-order chi connectivity index (χ0) is 19.9. The number of rotatable bonds is 3. The largest absolute Gasteiger partial charge is 0.476 e. The molecule has 8 nitrogen and oxygen atoms in total. The highest BCUT2D eigenvalue weighted by Crippen LogP contribution is 2.45. The SMILES string of the molecule is CC(=O)Nc1cccc(NC2=N[C@@]3(C)c4nc(C(=O)O)sc4CCC3C=N2)c1. The van der Waals surface area contributed by atoms with Crippen LogP contribution in [-0.4, -0.2) is 34.1 Å². The number of aromatic nitrogens is 1. The van der Waals surface area contributed by atoms with Crippen molar-refractivity contribution in [3.05, 3.63) is 39.8 Å². The normalized spacial score (nSPS) is 22.6. The fourth-order valence-electron chi connectivity index (χ4n) is 3.58. The van der Waals surface area contributed by atoms with Gasteiger partial charge in [-0.15, -0.1) is 11.3 Å². The van der Waals surface area contributed by atoms with E-state index in [4.69, 9.17) is 4.99 Å². The maximum Gasteiger partial charge on any atom is 0.365 e. The standard InChI is InChI=1S/C19H19N5O3S/c1-10(25)21-12-4-3-5-13(8-12)22-18-20-9-11-6-7-14-15(19(11,2)24-18)23-16(28-14)17(26)27/h3-5,8-9,11H,6-7H2,1-2H3,(H,21,25)(H,22,24)(H,26,27)/t11?,19-/m1/s1. The van der Waals surface area contributed by atoms with Crippen molar-refractivity contribution in [1.29, 1.82) is 0 Å². The van der Waals surface area contributed by atoms with Gasteiger partial charge in [-0.25, -0.2) is 19.8 Å². The Kier molecular flexibility index (Phi) is 4.46. The van der Waals surface area contributed by atoms with Crippen molar-refractivity contribution in [3.8, 4) is 0 Å². The molecule has 1 unspecified atom stereocenters. The molecule has 2 heterocycles. The molecule has 1 aromatic carbocycles. The van der Waals surface area contributed by atoms with Gasteiger partial charge in [-0.1, -0.05) is 6.07 Å². The van der Waals surface area contributed by atoms with Crippen LogP contribution in [0.4, 0.5) is 11.4 Å². The molecule has 144 valence electrons. The molecule has 0 saturated heterocycles. The minimum Gasteiger partial charge on any atom is -0.476 e. The van der Waals surface area contributed by atoms with Crippen molar-refractivity contribution < 1.29 is 14.7 Å². The molecular weight excluding hydrogens is 378 g/mol. The van der Waals surface area contributed by atoms with E-state index in [9.17, 15) is 14.7 Å². The van der Waals surface area contributed by atoms with Crippen LogP contribution in [0.1, 0.15) is 40.6 Å². The van der Waals surface area contributed by atoms with E-state index in [0.717, 1.165) is 29.1 Å². The summed E-state index contributed by atoms with van der Waals surface area (Å²) >= 11 is 1.23. The minimum atomic E-state index is -1.01. The molecule has 1 aromatic heterocycles. The zero-order valence-corrected chi connectivity index (χ0v) is 16.2. The molecule has 1 aliphatic carbocycles. The van der Waals surface area contributed by atoms with Crippen molar-refractivity contribution in [2.75, 3.05) is 10.6 Å². The Balaban J connectivity index is 1.65. The lowest BCUT2D eigenvalue weighted by Crippen LogP contribution is -2.40. The van der Waals surface area contributed by atoms with Crippen LogP contribution >= 0.6 is 11.3 Å². The monoisotopic (exact) mass is 397 g/mol. The number of guanidine groups is 1. The topological polar surface area (TPSA) is 116 Å². The van der Waals surface area contributed by atoms with Crippen LogP contribution in [0.3, 0.4) is 0 Å². The van der Waals surface area contributed by atoms with Gasteiger partial charge in [0.2, 0.25) is 16.9 Å². The third kappa shape index (κ3) is 3.29. The number of carbonyl (C=O) groups is 2. The second kappa shape index (κ2) is 6.83. The van der Waals surface area contributed by atoms with Gasteiger partial charge in [-0.3, -0.25) is 4.79 Å². The van der Waals surface area contributed by atoms with Crippen molar-refractivity contribution >= 4 is 46.8 Å². The summed E-state index contributed by atoms with van der Waals surface area (Å²) in [5.74, 6) is -0.661. The second-order valence-corrected chi connectivity index (χ2v) is 8.07. The van der Waals surface area contributed by atoms with Crippen LogP contribution in [-0.2, 0) is 16.8 Å². The van der Waals surface area contributed by atoms with E-state index in [1.807, 2.05) is 25.3 Å². The number of carboxylic acid groups (broad SMARTS) is 1. The number of hydrogen-bond donors (Lipinski definition) is 3. The zero-order valence-electron chi connectivity index (χ0n) is 15.4. The van der Waals surface area contributed by atoms with Crippen molar-refractivity contribution in [3.63, 3.8) is 0 Å². The molecule has 0 fully saturated rings. The summed E-state index contributed by atoms with van der Waals surface area (Å²) in [6.07, 6.45) is 3.50. The Morgan fingerprint density at radius 2 is 2.11 bits per heavy atom. The van der Waals surface area contributed by atoms with E-state index in [1.165, 1.54) is 18.3 Å². The van der Waals surface area contributed by atoms with E-state index < -0.39 is 11.5 Å². The molecule has 0 bridgehead atoms. The maximum absolute atomic E-state index is 11.3. The van der Waals surface area contributed by atoms with Gasteiger partial charge in [0.15, 0.2) is 0 Å². The first-order valence-corrected chi connectivity index (χ1v) is 9.69. The van der Waals surface area contributed by atoms with Gasteiger partial charge in [0.25, 0.3) is 0 Å². The van der Waals surface area contributed by atoms with Crippen LogP contribution in [0.25, 0.3) is 0 Å². The number of benzene rings is 1. The number of aryl methyl sites for hydroxylation is 1. The first-order valence-electron chi connectivity index (χ1n) is 8.87. The highest BCUT2D eigenvalue weighted by atomic mass is 32.1. The predicted molar refractivity (Wildman–Crippen MR) is 109 cm³/mol. The van der Waals surface area contributed by atoms with Crippen molar-refractivity contribution in [2.45, 2.75) is 32.2 Å². The highest BCUT2D eigenvalue weighted by molar-refractivity contribution is 7.13. The van der Waals surface area contributed by atoms with Gasteiger partial charge in [0.1, 0.15) is 5.54 Å². The number of carbonyl (C=O) groups excluding carboxylic acids is 1. The van der Waals surface area contributed by atoms with Crippen molar-refractivity contribution in [2.24, 2.45) is 15.9 Å². The Bertz CT molecular complexity index is 1030. The molecule has 28 heavy (non-hydrogen) atoms. The number of thiazole rings is 1. The van der Waals surface area contributed by atoms with Crippen LogP contribution in [0.2, 0.25) is 0 Å². The number of nitrogens with one attached hydrogen (secondary N) is 2. The summed E-state index contributed by atoms with van der Waals surface area (Å²) in [7, 11) is 0. The third-order valence-corrected chi connectivity index (χ3v) is 6.02. The van der Waals surface area contributed by atoms with E-state index in [0.29, 0.717) is 11.6 Å². The van der Waals surface area contributed by atoms with E-state index >= 15 is 0 Å². The Morgan fingerprint density at radius 3 is 2.86 bits per heavy atom. The fraction of sp³-hybridized carbons (Fsp3) is 0.316. The Hall–Kier alpha value is -3.07. The molecule has 0 saturated carbocycles. The average Bonchev–Trinajstić information content (AvgIpc) is 3.07. The number of nitrogens with zero attached hydrogens (tertiary/aromatic N) is 3. The molecule has 2 atom stereocenters. The second-order valence-electron chi connectivity index (χ2n) is 6.99. The maximum atomic E-state index is 11.3. The molecule has 0 spiro atoms. The summed E-state index contributed by atoms with van der Waals surface area (Å²) in [5.41, 5.74) is 1.48. The molecule has 3 N–H and O–H groups in total. The van der Waals surface area contributed by atoms with Gasteiger partial charge in [-0.2, -0.15) is 0 Å². The van der Waals surface area contributed by atoms with Crippen molar-refractivity contribution in [1.82, 2.24) is 4.98 Å². The van der Waals surface area contributed by atoms with E-state index in [1.54, 1.807) is 12.1 Å². The smallest absolute Gasteiger partial charge is 0.365 e. The Morgan fingerprint density at radius 1 is 1.32 bits per heavy atom. The minimum absolute atomic E-state index is 0.0695. The molecular formula is C19H19N5O3S. The summed E-state index contributed by atoms with van der Waals surface area (Å²) in [6, 6.07) is 7.27. The summed E-state index contributed by atoms with van der Waals surface area (Å²) in [4.78, 5) is 37.2. The van der Waals surface area contributed by atoms with Gasteiger partial charge < -0.3 is 15.7 Å². The number of aliphatic imine (C=N–C) groups is 2. The van der Waals surface area contributed by atoms with Gasteiger partial charge in [0.05, 0.1) is 5.69 Å². The molecule has 1 aliphatic heterocycles. The molecule has 9 heteroatoms. The highest BCUT2D eigenvalue weighted by Gasteiger charge is 2.45. The number of anilines is 2. The van der Waals surface area contributed by atoms with Crippen LogP contribution in [0.15, 0.2) is 34.3 Å². The van der Waals surface area contributed by atoms with Gasteiger partial charge >= 0.3 is 5.97 Å². The molecule has 2 aliphatic rings. The Labute approximate surface area is 165 Å². The lowest BCUT2D eigenvalue weighted by molar-refractivity contribution is -0.114. The average molecular weight is 397 g/mol. The first-order chi connectivity index (χ1) is 13.3. The third-order valence-electron chi connectivity index (χ3n) is 4.92. The van der Waals surface area contributed by atoms with Crippen LogP contribution in [0.5, 0.6) is 0 Å². The number of fused-ring (bicyclic) bond motifs is 3. The predicted octanol–water partition coefficient (Wildman–Crippen LogP) is 3.13. The van der Waals surface area contributed by atoms with Gasteiger partial charge in [-0.05, 0) is 38.0 Å². The number of hydrogen-bond acceptors (Lipinski definition) is 7. The number of aromatic carboxylic acids is 1. The molecule has 1 amide bonds. The number of amides is 1. The summed E-state index contributed by atoms with van der Waals surface area (Å²) in [6.45, 7) is 3.43. The fourth-order valence-corrected chi connectivity index (χ4v) is 4.61. The van der Waals surface area contributed by atoms with E-state index in [-0.39, 0.29) is 16.8 Å². The van der Waals surface area contributed by atoms with Gasteiger partial charge in [0, 0.05) is 35.3 Å². The van der Waals surface area contributed by atoms with Crippen LogP contribution in [0, 0.1) is 5.92 Å². The summed E-state index contributed by atoms with van der Waals surface area (Å²) < 4.78 is 0. The molecule has 4 rings (SSSR count). The molecule has 0 radical (unpaired) electrons. The lowest BCUT2D eigenvalue weighted by Gasteiger charge is -2.37. The summed E-state index contributed by atoms with van der Waals surface area (Å²) in [5, 5.41) is 15.3. The first kappa shape index (κ1) is 18.3. The number of carboxylic acids is 1. The molecule has 2 aromatic rings.